The summed E-state index contributed by atoms with van der Waals surface area (Å²) in [6, 6.07) is 8.27. The van der Waals surface area contributed by atoms with Crippen LogP contribution >= 0.6 is 22.7 Å². The molecule has 2 atom stereocenters. The van der Waals surface area contributed by atoms with Crippen molar-refractivity contribution in [1.82, 2.24) is 15.3 Å². The van der Waals surface area contributed by atoms with Crippen molar-refractivity contribution >= 4 is 54.5 Å². The SMILES string of the molecule is C[C@@H]1NCC[C@@H]1c1cc2c(Nc3ccc4scnc4c3F)ccnc2s1. The third-order valence-electron chi connectivity index (χ3n) is 5.06. The number of pyridine rings is 1. The van der Waals surface area contributed by atoms with E-state index in [9.17, 15) is 4.39 Å². The number of rotatable bonds is 3. The molecule has 0 radical (unpaired) electrons. The first-order valence-corrected chi connectivity index (χ1v) is 10.3. The summed E-state index contributed by atoms with van der Waals surface area (Å²) in [7, 11) is 0. The van der Waals surface area contributed by atoms with E-state index >= 15 is 0 Å². The summed E-state index contributed by atoms with van der Waals surface area (Å²) in [6.45, 7) is 3.28. The molecule has 0 unspecified atom stereocenters. The molecular formula is C19H17FN4S2. The molecule has 26 heavy (non-hydrogen) atoms. The predicted molar refractivity (Wildman–Crippen MR) is 107 cm³/mol. The summed E-state index contributed by atoms with van der Waals surface area (Å²) in [5.41, 5.74) is 3.41. The summed E-state index contributed by atoms with van der Waals surface area (Å²) in [5, 5.41) is 7.80. The van der Waals surface area contributed by atoms with Crippen molar-refractivity contribution in [3.05, 3.63) is 46.7 Å². The van der Waals surface area contributed by atoms with E-state index < -0.39 is 0 Å². The van der Waals surface area contributed by atoms with Crippen LogP contribution < -0.4 is 10.6 Å². The number of thiophene rings is 1. The summed E-state index contributed by atoms with van der Waals surface area (Å²) >= 11 is 3.18. The number of thiazole rings is 1. The Morgan fingerprint density at radius 3 is 3.00 bits per heavy atom. The fraction of sp³-hybridized carbons (Fsp3) is 0.263. The van der Waals surface area contributed by atoms with Gasteiger partial charge in [0.1, 0.15) is 10.3 Å². The fourth-order valence-corrected chi connectivity index (χ4v) is 5.58. The van der Waals surface area contributed by atoms with Crippen LogP contribution in [0.25, 0.3) is 20.4 Å². The average Bonchev–Trinajstić information content (AvgIpc) is 3.36. The van der Waals surface area contributed by atoms with Gasteiger partial charge in [0.15, 0.2) is 5.82 Å². The molecule has 0 aliphatic carbocycles. The van der Waals surface area contributed by atoms with Crippen molar-refractivity contribution in [2.24, 2.45) is 0 Å². The van der Waals surface area contributed by atoms with Gasteiger partial charge in [-0.3, -0.25) is 0 Å². The second kappa shape index (κ2) is 6.26. The van der Waals surface area contributed by atoms with Crippen molar-refractivity contribution in [3.63, 3.8) is 0 Å². The standard InChI is InChI=1S/C19H17FN4S2/c1-10-11(4-6-21-10)16-8-12-13(5-7-22-19(12)26-16)24-14-2-3-15-18(17(14)20)23-9-25-15/h2-3,5,7-11,21H,4,6H2,1H3,(H,22,24)/t10-,11-/m0/s1. The molecule has 3 aromatic heterocycles. The maximum Gasteiger partial charge on any atom is 0.173 e. The van der Waals surface area contributed by atoms with Crippen LogP contribution in [0.1, 0.15) is 24.1 Å². The van der Waals surface area contributed by atoms with Gasteiger partial charge in [0, 0.05) is 28.4 Å². The van der Waals surface area contributed by atoms with Gasteiger partial charge in [0.2, 0.25) is 0 Å². The highest BCUT2D eigenvalue weighted by Crippen LogP contribution is 2.39. The van der Waals surface area contributed by atoms with Crippen LogP contribution in [0.2, 0.25) is 0 Å². The molecule has 1 aliphatic heterocycles. The molecule has 1 aliphatic rings. The minimum absolute atomic E-state index is 0.308. The Morgan fingerprint density at radius 2 is 2.15 bits per heavy atom. The number of aromatic nitrogens is 2. The van der Waals surface area contributed by atoms with Gasteiger partial charge in [0.05, 0.1) is 21.6 Å². The number of halogens is 1. The van der Waals surface area contributed by atoms with Crippen LogP contribution in [0.4, 0.5) is 15.8 Å². The number of hydrogen-bond donors (Lipinski definition) is 2. The van der Waals surface area contributed by atoms with Gasteiger partial charge in [-0.05, 0) is 44.2 Å². The molecule has 7 heteroatoms. The predicted octanol–water partition coefficient (Wildman–Crippen LogP) is 5.25. The minimum Gasteiger partial charge on any atom is -0.352 e. The van der Waals surface area contributed by atoms with Crippen LogP contribution in [0.5, 0.6) is 0 Å². The number of benzene rings is 1. The Balaban J connectivity index is 1.55. The quantitative estimate of drug-likeness (QED) is 0.506. The highest BCUT2D eigenvalue weighted by molar-refractivity contribution is 7.18. The molecule has 0 amide bonds. The van der Waals surface area contributed by atoms with Crippen molar-refractivity contribution in [3.8, 4) is 0 Å². The van der Waals surface area contributed by atoms with Gasteiger partial charge in [-0.2, -0.15) is 0 Å². The van der Waals surface area contributed by atoms with Crippen LogP contribution in [0.3, 0.4) is 0 Å². The molecule has 0 spiro atoms. The maximum absolute atomic E-state index is 14.8. The molecule has 4 nitrogen and oxygen atoms in total. The summed E-state index contributed by atoms with van der Waals surface area (Å²) < 4.78 is 15.6. The third-order valence-corrected chi connectivity index (χ3v) is 7.02. The van der Waals surface area contributed by atoms with Crippen molar-refractivity contribution < 1.29 is 4.39 Å². The minimum atomic E-state index is -0.308. The number of nitrogens with one attached hydrogen (secondary N) is 2. The highest BCUT2D eigenvalue weighted by atomic mass is 32.1. The molecule has 0 bridgehead atoms. The number of nitrogens with zero attached hydrogens (tertiary/aromatic N) is 2. The Labute approximate surface area is 158 Å². The molecule has 1 aromatic carbocycles. The molecular weight excluding hydrogens is 367 g/mol. The summed E-state index contributed by atoms with van der Waals surface area (Å²) in [5.74, 6) is 0.211. The van der Waals surface area contributed by atoms with Crippen molar-refractivity contribution in [2.75, 3.05) is 11.9 Å². The molecule has 4 aromatic rings. The Bertz CT molecular complexity index is 1100. The Hall–Kier alpha value is -2.09. The van der Waals surface area contributed by atoms with Crippen molar-refractivity contribution in [1.29, 1.82) is 0 Å². The first kappa shape index (κ1) is 16.1. The first-order chi connectivity index (χ1) is 12.7. The molecule has 5 rings (SSSR count). The lowest BCUT2D eigenvalue weighted by molar-refractivity contribution is 0.602. The Morgan fingerprint density at radius 1 is 1.23 bits per heavy atom. The fourth-order valence-electron chi connectivity index (χ4n) is 3.64. The third kappa shape index (κ3) is 2.58. The van der Waals surface area contributed by atoms with E-state index in [0.29, 0.717) is 23.2 Å². The van der Waals surface area contributed by atoms with Gasteiger partial charge < -0.3 is 10.6 Å². The number of anilines is 2. The van der Waals surface area contributed by atoms with E-state index in [1.807, 2.05) is 12.1 Å². The van der Waals surface area contributed by atoms with Gasteiger partial charge in [-0.1, -0.05) is 0 Å². The normalized spacial score (nSPS) is 20.2. The zero-order valence-electron chi connectivity index (χ0n) is 14.1. The van der Waals surface area contributed by atoms with Gasteiger partial charge in [-0.25, -0.2) is 14.4 Å². The summed E-state index contributed by atoms with van der Waals surface area (Å²) in [4.78, 5) is 11.0. The zero-order valence-corrected chi connectivity index (χ0v) is 15.8. The van der Waals surface area contributed by atoms with E-state index in [2.05, 4.69) is 33.6 Å². The average molecular weight is 385 g/mol. The lowest BCUT2D eigenvalue weighted by atomic mass is 10.00. The zero-order chi connectivity index (χ0) is 17.7. The van der Waals surface area contributed by atoms with Crippen LogP contribution in [-0.4, -0.2) is 22.6 Å². The van der Waals surface area contributed by atoms with E-state index in [-0.39, 0.29) is 5.82 Å². The van der Waals surface area contributed by atoms with Gasteiger partial charge >= 0.3 is 0 Å². The topological polar surface area (TPSA) is 49.8 Å². The van der Waals surface area contributed by atoms with Crippen LogP contribution in [0.15, 0.2) is 36.0 Å². The molecule has 4 heterocycles. The number of hydrogen-bond acceptors (Lipinski definition) is 6. The number of fused-ring (bicyclic) bond motifs is 2. The van der Waals surface area contributed by atoms with Crippen LogP contribution in [0, 0.1) is 5.82 Å². The van der Waals surface area contributed by atoms with Gasteiger partial charge in [0.25, 0.3) is 0 Å². The summed E-state index contributed by atoms with van der Waals surface area (Å²) in [6.07, 6.45) is 2.92. The largest absolute Gasteiger partial charge is 0.352 e. The van der Waals surface area contributed by atoms with E-state index in [1.165, 1.54) is 16.2 Å². The lowest BCUT2D eigenvalue weighted by Gasteiger charge is -2.12. The molecule has 1 fully saturated rings. The highest BCUT2D eigenvalue weighted by Gasteiger charge is 2.26. The molecule has 132 valence electrons. The lowest BCUT2D eigenvalue weighted by Crippen LogP contribution is -2.20. The molecule has 2 N–H and O–H groups in total. The maximum atomic E-state index is 14.8. The first-order valence-electron chi connectivity index (χ1n) is 8.61. The van der Waals surface area contributed by atoms with Crippen molar-refractivity contribution in [2.45, 2.75) is 25.3 Å². The monoisotopic (exact) mass is 384 g/mol. The van der Waals surface area contributed by atoms with Crippen LogP contribution in [-0.2, 0) is 0 Å². The second-order valence-electron chi connectivity index (χ2n) is 6.62. The van der Waals surface area contributed by atoms with E-state index in [0.717, 1.165) is 33.6 Å². The smallest absolute Gasteiger partial charge is 0.173 e. The van der Waals surface area contributed by atoms with Gasteiger partial charge in [-0.15, -0.1) is 22.7 Å². The Kier molecular flexibility index (Phi) is 3.88. The van der Waals surface area contributed by atoms with E-state index in [4.69, 9.17) is 0 Å². The molecule has 0 saturated carbocycles. The molecule has 1 saturated heterocycles. The second-order valence-corrected chi connectivity index (χ2v) is 8.56. The van der Waals surface area contributed by atoms with E-state index in [1.54, 1.807) is 29.1 Å².